The maximum Gasteiger partial charge on any atom is 0.254 e. The fraction of sp³-hybridized carbons (Fsp3) is 0.286. The second kappa shape index (κ2) is 11.2. The van der Waals surface area contributed by atoms with Crippen LogP contribution in [0.2, 0.25) is 0 Å². The summed E-state index contributed by atoms with van der Waals surface area (Å²) in [7, 11) is 0. The predicted octanol–water partition coefficient (Wildman–Crippen LogP) is 4.37. The second-order valence-corrected chi connectivity index (χ2v) is 8.86. The van der Waals surface area contributed by atoms with Crippen LogP contribution in [-0.2, 0) is 6.54 Å². The Balaban J connectivity index is 1.37. The van der Waals surface area contributed by atoms with Gasteiger partial charge in [0.15, 0.2) is 0 Å². The SMILES string of the molecule is Cc1ccc(C(=O)N(CCN2CCN(C(=O)c3cccc(F)c3)CC2)Cc2ccc(F)cc2)cc1. The molecule has 0 aromatic heterocycles. The topological polar surface area (TPSA) is 43.9 Å². The summed E-state index contributed by atoms with van der Waals surface area (Å²) in [5.74, 6) is -0.976. The summed E-state index contributed by atoms with van der Waals surface area (Å²) in [5, 5.41) is 0. The number of hydrogen-bond acceptors (Lipinski definition) is 3. The maximum absolute atomic E-state index is 13.5. The van der Waals surface area contributed by atoms with Gasteiger partial charge in [0.1, 0.15) is 11.6 Å². The van der Waals surface area contributed by atoms with Gasteiger partial charge in [-0.3, -0.25) is 14.5 Å². The number of carbonyl (C=O) groups is 2. The molecule has 1 fully saturated rings. The molecule has 4 rings (SSSR count). The first kappa shape index (κ1) is 24.5. The highest BCUT2D eigenvalue weighted by Crippen LogP contribution is 2.14. The third kappa shape index (κ3) is 6.51. The Bertz CT molecular complexity index is 1160. The summed E-state index contributed by atoms with van der Waals surface area (Å²) in [6.07, 6.45) is 0. The number of nitrogens with zero attached hydrogens (tertiary/aromatic N) is 3. The lowest BCUT2D eigenvalue weighted by Gasteiger charge is -2.36. The van der Waals surface area contributed by atoms with E-state index < -0.39 is 5.82 Å². The van der Waals surface area contributed by atoms with E-state index in [4.69, 9.17) is 0 Å². The summed E-state index contributed by atoms with van der Waals surface area (Å²) in [4.78, 5) is 31.7. The first-order valence-corrected chi connectivity index (χ1v) is 11.8. The highest BCUT2D eigenvalue weighted by atomic mass is 19.1. The van der Waals surface area contributed by atoms with Crippen molar-refractivity contribution < 1.29 is 18.4 Å². The minimum Gasteiger partial charge on any atom is -0.336 e. The van der Waals surface area contributed by atoms with E-state index in [0.717, 1.165) is 11.1 Å². The molecule has 3 aromatic rings. The molecule has 0 saturated carbocycles. The Morgan fingerprint density at radius 1 is 0.829 bits per heavy atom. The predicted molar refractivity (Wildman–Crippen MR) is 131 cm³/mol. The van der Waals surface area contributed by atoms with Crippen LogP contribution in [0.15, 0.2) is 72.8 Å². The van der Waals surface area contributed by atoms with E-state index in [1.807, 2.05) is 31.2 Å². The first-order valence-electron chi connectivity index (χ1n) is 11.8. The fourth-order valence-electron chi connectivity index (χ4n) is 4.18. The van der Waals surface area contributed by atoms with Crippen LogP contribution in [0.1, 0.15) is 31.8 Å². The highest BCUT2D eigenvalue weighted by molar-refractivity contribution is 5.94. The Morgan fingerprint density at radius 2 is 1.51 bits per heavy atom. The van der Waals surface area contributed by atoms with Gasteiger partial charge >= 0.3 is 0 Å². The molecule has 0 aliphatic carbocycles. The van der Waals surface area contributed by atoms with Gasteiger partial charge in [0.2, 0.25) is 0 Å². The number of halogens is 2. The van der Waals surface area contributed by atoms with Crippen LogP contribution in [-0.4, -0.2) is 65.8 Å². The molecule has 7 heteroatoms. The van der Waals surface area contributed by atoms with Crippen molar-refractivity contribution in [1.29, 1.82) is 0 Å². The van der Waals surface area contributed by atoms with Crippen LogP contribution >= 0.6 is 0 Å². The van der Waals surface area contributed by atoms with Crippen molar-refractivity contribution >= 4 is 11.8 Å². The van der Waals surface area contributed by atoms with Crippen molar-refractivity contribution in [3.63, 3.8) is 0 Å². The lowest BCUT2D eigenvalue weighted by molar-refractivity contribution is 0.0598. The molecule has 0 unspecified atom stereocenters. The molecule has 182 valence electrons. The largest absolute Gasteiger partial charge is 0.336 e. The molecule has 2 amide bonds. The summed E-state index contributed by atoms with van der Waals surface area (Å²) < 4.78 is 26.8. The number of carbonyl (C=O) groups excluding carboxylic acids is 2. The minimum absolute atomic E-state index is 0.0748. The Kier molecular flexibility index (Phi) is 7.87. The van der Waals surface area contributed by atoms with Crippen LogP contribution < -0.4 is 0 Å². The number of rotatable bonds is 7. The monoisotopic (exact) mass is 477 g/mol. The average molecular weight is 478 g/mol. The molecule has 1 saturated heterocycles. The van der Waals surface area contributed by atoms with Gasteiger partial charge in [-0.05, 0) is 55.0 Å². The van der Waals surface area contributed by atoms with Gasteiger partial charge in [0, 0.05) is 56.9 Å². The molecule has 1 aliphatic rings. The Labute approximate surface area is 204 Å². The van der Waals surface area contributed by atoms with Crippen molar-refractivity contribution in [3.8, 4) is 0 Å². The molecule has 0 bridgehead atoms. The molecule has 0 N–H and O–H groups in total. The quantitative estimate of drug-likeness (QED) is 0.508. The molecule has 1 aliphatic heterocycles. The molecule has 35 heavy (non-hydrogen) atoms. The number of benzene rings is 3. The second-order valence-electron chi connectivity index (χ2n) is 8.86. The molecule has 0 radical (unpaired) electrons. The third-order valence-electron chi connectivity index (χ3n) is 6.29. The minimum atomic E-state index is -0.422. The molecule has 3 aromatic carbocycles. The standard InChI is InChI=1S/C28H29F2N3O2/c1-21-5-9-23(10-6-21)27(34)33(20-22-7-11-25(29)12-8-22)18-15-31-13-16-32(17-14-31)28(35)24-3-2-4-26(30)19-24/h2-12,19H,13-18,20H2,1H3. The molecule has 5 nitrogen and oxygen atoms in total. The van der Waals surface area contributed by atoms with E-state index in [1.165, 1.54) is 24.3 Å². The fourth-order valence-corrected chi connectivity index (χ4v) is 4.18. The molecule has 0 atom stereocenters. The van der Waals surface area contributed by atoms with Crippen molar-refractivity contribution in [2.75, 3.05) is 39.3 Å². The zero-order chi connectivity index (χ0) is 24.8. The van der Waals surface area contributed by atoms with Crippen LogP contribution in [0.5, 0.6) is 0 Å². The van der Waals surface area contributed by atoms with Crippen molar-refractivity contribution in [1.82, 2.24) is 14.7 Å². The molecular weight excluding hydrogens is 448 g/mol. The van der Waals surface area contributed by atoms with Crippen molar-refractivity contribution in [3.05, 3.63) is 107 Å². The smallest absolute Gasteiger partial charge is 0.254 e. The van der Waals surface area contributed by atoms with Crippen molar-refractivity contribution in [2.24, 2.45) is 0 Å². The van der Waals surface area contributed by atoms with E-state index >= 15 is 0 Å². The van der Waals surface area contributed by atoms with Gasteiger partial charge in [-0.2, -0.15) is 0 Å². The van der Waals surface area contributed by atoms with E-state index in [1.54, 1.807) is 34.1 Å². The van der Waals surface area contributed by atoms with E-state index in [0.29, 0.717) is 56.9 Å². The summed E-state index contributed by atoms with van der Waals surface area (Å²) in [6, 6.07) is 19.4. The summed E-state index contributed by atoms with van der Waals surface area (Å²) in [5.41, 5.74) is 2.91. The van der Waals surface area contributed by atoms with E-state index in [2.05, 4.69) is 4.90 Å². The number of piperazine rings is 1. The van der Waals surface area contributed by atoms with Gasteiger partial charge in [0.05, 0.1) is 0 Å². The number of hydrogen-bond donors (Lipinski definition) is 0. The summed E-state index contributed by atoms with van der Waals surface area (Å²) in [6.45, 7) is 5.93. The Hall–Kier alpha value is -3.58. The molecular formula is C28H29F2N3O2. The summed E-state index contributed by atoms with van der Waals surface area (Å²) >= 11 is 0. The van der Waals surface area contributed by atoms with Crippen LogP contribution in [0.3, 0.4) is 0 Å². The van der Waals surface area contributed by atoms with E-state index in [9.17, 15) is 18.4 Å². The number of amides is 2. The Morgan fingerprint density at radius 3 is 2.17 bits per heavy atom. The molecule has 0 spiro atoms. The normalized spacial score (nSPS) is 14.1. The highest BCUT2D eigenvalue weighted by Gasteiger charge is 2.24. The zero-order valence-electron chi connectivity index (χ0n) is 19.8. The van der Waals surface area contributed by atoms with E-state index in [-0.39, 0.29) is 17.6 Å². The number of aryl methyl sites for hydroxylation is 1. The maximum atomic E-state index is 13.5. The van der Waals surface area contributed by atoms with Gasteiger partial charge in [-0.15, -0.1) is 0 Å². The average Bonchev–Trinajstić information content (AvgIpc) is 2.87. The third-order valence-corrected chi connectivity index (χ3v) is 6.29. The van der Waals surface area contributed by atoms with Gasteiger partial charge in [-0.1, -0.05) is 35.9 Å². The van der Waals surface area contributed by atoms with Crippen molar-refractivity contribution in [2.45, 2.75) is 13.5 Å². The molecule has 1 heterocycles. The lowest BCUT2D eigenvalue weighted by Crippen LogP contribution is -2.50. The lowest BCUT2D eigenvalue weighted by atomic mass is 10.1. The van der Waals surface area contributed by atoms with Gasteiger partial charge in [-0.25, -0.2) is 8.78 Å². The van der Waals surface area contributed by atoms with Gasteiger partial charge in [0.25, 0.3) is 11.8 Å². The van der Waals surface area contributed by atoms with Crippen LogP contribution in [0, 0.1) is 18.6 Å². The zero-order valence-corrected chi connectivity index (χ0v) is 19.8. The van der Waals surface area contributed by atoms with Gasteiger partial charge < -0.3 is 9.80 Å². The first-order chi connectivity index (χ1) is 16.9. The van der Waals surface area contributed by atoms with Crippen LogP contribution in [0.4, 0.5) is 8.78 Å². The van der Waals surface area contributed by atoms with Crippen LogP contribution in [0.25, 0.3) is 0 Å².